The number of carboxylic acid groups (broad SMARTS) is 1. The highest BCUT2D eigenvalue weighted by Gasteiger charge is 2.58. The number of H-pyrrole nitrogens is 1. The Bertz CT molecular complexity index is 2060. The summed E-state index contributed by atoms with van der Waals surface area (Å²) in [5, 5.41) is 43.0. The first-order valence-corrected chi connectivity index (χ1v) is 18.1. The molecular formula is C38H44N4O13. The van der Waals surface area contributed by atoms with Gasteiger partial charge in [-0.3, -0.25) is 9.59 Å². The van der Waals surface area contributed by atoms with Crippen molar-refractivity contribution in [3.8, 4) is 28.7 Å². The predicted octanol–water partition coefficient (Wildman–Crippen LogP) is 1.77. The number of ether oxygens (including phenoxy) is 7. The van der Waals surface area contributed by atoms with E-state index in [9.17, 15) is 24.9 Å². The molecule has 1 saturated heterocycles. The minimum atomic E-state index is -1.86. The third-order valence-corrected chi connectivity index (χ3v) is 11.1. The number of methoxy groups -OCH3 is 2. The van der Waals surface area contributed by atoms with Crippen LogP contribution in [-0.4, -0.2) is 105 Å². The number of hydrogen-bond donors (Lipinski definition) is 7. The van der Waals surface area contributed by atoms with Crippen molar-refractivity contribution in [2.45, 2.75) is 99.2 Å². The van der Waals surface area contributed by atoms with Gasteiger partial charge < -0.3 is 74.6 Å². The Morgan fingerprint density at radius 3 is 2.51 bits per heavy atom. The minimum Gasteiger partial charge on any atom is -0.493 e. The predicted molar refractivity (Wildman–Crippen MR) is 191 cm³/mol. The second kappa shape index (κ2) is 14.2. The summed E-state index contributed by atoms with van der Waals surface area (Å²) in [5.74, 6) is -0.521. The molecule has 2 aromatic heterocycles. The van der Waals surface area contributed by atoms with Crippen LogP contribution in [-0.2, 0) is 25.6 Å². The molecule has 0 bridgehead atoms. The van der Waals surface area contributed by atoms with Crippen LogP contribution in [0.3, 0.4) is 0 Å². The first-order chi connectivity index (χ1) is 26.4. The number of nitrogens with one attached hydrogen (secondary N) is 1. The molecule has 8 unspecified atom stereocenters. The monoisotopic (exact) mass is 764 g/mol. The molecule has 1 aliphatic carbocycles. The van der Waals surface area contributed by atoms with Gasteiger partial charge in [-0.15, -0.1) is 0 Å². The van der Waals surface area contributed by atoms with E-state index in [0.717, 1.165) is 53.3 Å². The molecule has 8 atom stereocenters. The zero-order valence-corrected chi connectivity index (χ0v) is 30.1. The molecule has 1 saturated carbocycles. The van der Waals surface area contributed by atoms with Gasteiger partial charge in [0.05, 0.1) is 31.8 Å². The number of esters is 1. The Labute approximate surface area is 314 Å². The van der Waals surface area contributed by atoms with Crippen LogP contribution in [0.15, 0.2) is 48.9 Å². The van der Waals surface area contributed by atoms with E-state index in [1.165, 1.54) is 0 Å². The SMILES string of the molecule is COc1ccc2c(c1OC)OC1c3c(Cn4cc5cc[nH]c5c4)cc(OC4OC(C(OC(=O)CC(=O)O)C(N)N)C(O)C(O)C4O)cc3OC3(CCCC3)C21. The van der Waals surface area contributed by atoms with E-state index < -0.39 is 73.0 Å². The van der Waals surface area contributed by atoms with E-state index in [2.05, 4.69) is 4.98 Å². The third-order valence-electron chi connectivity index (χ3n) is 11.1. The third kappa shape index (κ3) is 6.39. The first kappa shape index (κ1) is 36.9. The molecule has 0 radical (unpaired) electrons. The highest BCUT2D eigenvalue weighted by molar-refractivity contribution is 5.90. The summed E-state index contributed by atoms with van der Waals surface area (Å²) in [6, 6.07) is 9.31. The molecule has 55 heavy (non-hydrogen) atoms. The summed E-state index contributed by atoms with van der Waals surface area (Å²) in [6.45, 7) is 0.351. The van der Waals surface area contributed by atoms with E-state index in [4.69, 9.17) is 49.7 Å². The highest BCUT2D eigenvalue weighted by atomic mass is 16.7. The summed E-state index contributed by atoms with van der Waals surface area (Å²) >= 11 is 0. The van der Waals surface area contributed by atoms with E-state index in [1.54, 1.807) is 26.4 Å². The van der Waals surface area contributed by atoms with Crippen LogP contribution in [0.1, 0.15) is 60.8 Å². The molecule has 17 heteroatoms. The molecule has 2 aromatic carbocycles. The fraction of sp³-hybridized carbons (Fsp3) is 0.474. The van der Waals surface area contributed by atoms with Gasteiger partial charge in [-0.25, -0.2) is 0 Å². The van der Waals surface area contributed by atoms with Crippen LogP contribution in [0.2, 0.25) is 0 Å². The van der Waals surface area contributed by atoms with Crippen LogP contribution in [0.25, 0.3) is 10.9 Å². The van der Waals surface area contributed by atoms with Crippen molar-refractivity contribution in [3.05, 3.63) is 65.6 Å². The number of carbonyl (C=O) groups excluding carboxylic acids is 1. The Morgan fingerprint density at radius 2 is 1.82 bits per heavy atom. The zero-order chi connectivity index (χ0) is 38.8. The van der Waals surface area contributed by atoms with Gasteiger partial charge in [0.1, 0.15) is 54.0 Å². The van der Waals surface area contributed by atoms with Gasteiger partial charge >= 0.3 is 11.9 Å². The molecule has 3 aliphatic heterocycles. The molecule has 17 nitrogen and oxygen atoms in total. The lowest BCUT2D eigenvalue weighted by molar-refractivity contribution is -0.291. The highest BCUT2D eigenvalue weighted by Crippen LogP contribution is 2.64. The normalized spacial score (nSPS) is 26.8. The molecular weight excluding hydrogens is 720 g/mol. The van der Waals surface area contributed by atoms with Gasteiger partial charge in [0.25, 0.3) is 0 Å². The van der Waals surface area contributed by atoms with Crippen molar-refractivity contribution in [3.63, 3.8) is 0 Å². The largest absolute Gasteiger partial charge is 0.493 e. The van der Waals surface area contributed by atoms with E-state index in [1.807, 2.05) is 41.4 Å². The maximum Gasteiger partial charge on any atom is 0.317 e. The lowest BCUT2D eigenvalue weighted by Gasteiger charge is -2.45. The molecule has 1 spiro atoms. The second-order valence-corrected chi connectivity index (χ2v) is 14.5. The zero-order valence-electron chi connectivity index (χ0n) is 30.1. The number of nitrogens with two attached hydrogens (primary N) is 2. The van der Waals surface area contributed by atoms with Gasteiger partial charge in [0.15, 0.2) is 17.6 Å². The van der Waals surface area contributed by atoms with Crippen molar-refractivity contribution in [1.82, 2.24) is 9.55 Å². The summed E-state index contributed by atoms with van der Waals surface area (Å²) in [5.41, 5.74) is 14.6. The molecule has 4 aromatic rings. The summed E-state index contributed by atoms with van der Waals surface area (Å²) in [6.07, 6.45) is -4.05. The Hall–Kier alpha value is -5.04. The molecule has 2 fully saturated rings. The maximum absolute atomic E-state index is 12.3. The Balaban J connectivity index is 1.19. The van der Waals surface area contributed by atoms with Gasteiger partial charge in [-0.05, 0) is 49.4 Å². The van der Waals surface area contributed by atoms with Crippen LogP contribution >= 0.6 is 0 Å². The van der Waals surface area contributed by atoms with Crippen LogP contribution in [0.5, 0.6) is 28.7 Å². The van der Waals surface area contributed by atoms with Gasteiger partial charge in [-0.2, -0.15) is 0 Å². The fourth-order valence-corrected chi connectivity index (χ4v) is 8.70. The Morgan fingerprint density at radius 1 is 1.04 bits per heavy atom. The maximum atomic E-state index is 12.3. The number of aromatic amines is 1. The quantitative estimate of drug-likeness (QED) is 0.0653. The van der Waals surface area contributed by atoms with Crippen molar-refractivity contribution in [2.24, 2.45) is 11.5 Å². The van der Waals surface area contributed by atoms with Crippen molar-refractivity contribution >= 4 is 22.8 Å². The molecule has 294 valence electrons. The van der Waals surface area contributed by atoms with Crippen LogP contribution < -0.4 is 35.2 Å². The molecule has 8 rings (SSSR count). The lowest BCUT2D eigenvalue weighted by Crippen LogP contribution is -2.66. The van der Waals surface area contributed by atoms with Crippen molar-refractivity contribution in [1.29, 1.82) is 0 Å². The molecule has 5 heterocycles. The number of benzene rings is 2. The number of aromatic nitrogens is 2. The smallest absolute Gasteiger partial charge is 0.317 e. The van der Waals surface area contributed by atoms with Crippen LogP contribution in [0, 0.1) is 0 Å². The van der Waals surface area contributed by atoms with E-state index in [0.29, 0.717) is 29.5 Å². The van der Waals surface area contributed by atoms with Gasteiger partial charge in [0.2, 0.25) is 12.0 Å². The number of fused-ring (bicyclic) bond motifs is 7. The number of nitrogens with zero attached hydrogens (tertiary/aromatic N) is 1. The summed E-state index contributed by atoms with van der Waals surface area (Å²) in [4.78, 5) is 26.6. The van der Waals surface area contributed by atoms with Crippen molar-refractivity contribution < 1.29 is 63.2 Å². The van der Waals surface area contributed by atoms with Gasteiger partial charge in [-0.1, -0.05) is 6.07 Å². The number of hydrogen-bond acceptors (Lipinski definition) is 14. The minimum absolute atomic E-state index is 0.177. The number of rotatable bonds is 11. The van der Waals surface area contributed by atoms with Crippen molar-refractivity contribution in [2.75, 3.05) is 14.2 Å². The topological polar surface area (TPSA) is 252 Å². The number of carbonyl (C=O) groups is 2. The molecule has 0 amide bonds. The number of aliphatic carboxylic acids is 1. The second-order valence-electron chi connectivity index (χ2n) is 14.5. The first-order valence-electron chi connectivity index (χ1n) is 18.1. The standard InChI is InChI=1S/C38H44N4O13/c1-49-22-6-5-20-27-33(53-31(20)32(22)50-2)26-18(15-42-14-17-7-10-41-21(17)16-42)11-19(12-23(26)55-38(27)8-3-4-9-38)51-37-30(48)28(46)29(47)34(54-37)35(36(39)40)52-25(45)13-24(43)44/h5-7,10-12,14,16,27-30,33-37,41,46-48H,3-4,8-9,13,15,39-40H2,1-2H3,(H,43,44). The Kier molecular flexibility index (Phi) is 9.55. The average Bonchev–Trinajstić information content (AvgIpc) is 3.94. The van der Waals surface area contributed by atoms with Crippen LogP contribution in [0.4, 0.5) is 0 Å². The fourth-order valence-electron chi connectivity index (χ4n) is 8.70. The number of carboxylic acids is 1. The molecule has 9 N–H and O–H groups in total. The summed E-state index contributed by atoms with van der Waals surface area (Å²) in [7, 11) is 3.15. The number of aliphatic hydroxyl groups is 3. The number of aliphatic hydroxyl groups excluding tert-OH is 3. The van der Waals surface area contributed by atoms with E-state index in [-0.39, 0.29) is 11.7 Å². The lowest BCUT2D eigenvalue weighted by atomic mass is 9.73. The summed E-state index contributed by atoms with van der Waals surface area (Å²) < 4.78 is 44.8. The van der Waals surface area contributed by atoms with E-state index >= 15 is 0 Å². The molecule has 4 aliphatic rings. The average molecular weight is 765 g/mol. The van der Waals surface area contributed by atoms with Gasteiger partial charge in [0, 0.05) is 47.7 Å².